The SMILES string of the molecule is COc1ccc(CN(C[C@H](CCc2ccccc2)NC(=O)[C@@](O)(NC(=O)NCCN2CCOCC2)C(C)C)NC(=O)[C@@H](NC(=O)NCCN2CCOCC2)C(C)C)cc1. The number of methoxy groups -OCH3 is 1. The summed E-state index contributed by atoms with van der Waals surface area (Å²) in [5.74, 6) is -1.50. The van der Waals surface area contributed by atoms with Crippen LogP contribution in [0.3, 0.4) is 0 Å². The van der Waals surface area contributed by atoms with Crippen LogP contribution in [0.5, 0.6) is 5.75 Å². The van der Waals surface area contributed by atoms with E-state index in [4.69, 9.17) is 14.2 Å². The number of ether oxygens (including phenoxy) is 3. The molecule has 0 aromatic heterocycles. The second kappa shape index (κ2) is 24.5. The topological polar surface area (TPSA) is 198 Å². The zero-order chi connectivity index (χ0) is 42.6. The first kappa shape index (κ1) is 47.2. The summed E-state index contributed by atoms with van der Waals surface area (Å²) in [6.07, 6.45) is 1.01. The van der Waals surface area contributed by atoms with Gasteiger partial charge in [-0.05, 0) is 42.0 Å². The number of carbonyl (C=O) groups excluding carboxylic acids is 4. The number of hydrogen-bond donors (Lipinski definition) is 7. The third-order valence-electron chi connectivity index (χ3n) is 10.6. The van der Waals surface area contributed by atoms with Crippen LogP contribution >= 0.6 is 0 Å². The molecule has 0 spiro atoms. The lowest BCUT2D eigenvalue weighted by atomic mass is 9.97. The van der Waals surface area contributed by atoms with Crippen LogP contribution in [0.1, 0.15) is 45.2 Å². The molecule has 59 heavy (non-hydrogen) atoms. The monoisotopic (exact) mass is 826 g/mol. The fourth-order valence-corrected chi connectivity index (χ4v) is 6.79. The number of rotatable bonds is 22. The number of nitrogens with one attached hydrogen (secondary N) is 6. The summed E-state index contributed by atoms with van der Waals surface area (Å²) in [6.45, 7) is 15.1. The van der Waals surface area contributed by atoms with Crippen molar-refractivity contribution < 1.29 is 38.5 Å². The molecule has 0 bridgehead atoms. The number of benzene rings is 2. The van der Waals surface area contributed by atoms with Crippen molar-refractivity contribution in [3.8, 4) is 5.75 Å². The lowest BCUT2D eigenvalue weighted by molar-refractivity contribution is -0.148. The molecule has 328 valence electrons. The molecule has 0 unspecified atom stereocenters. The van der Waals surface area contributed by atoms with Gasteiger partial charge >= 0.3 is 12.1 Å². The van der Waals surface area contributed by atoms with E-state index >= 15 is 0 Å². The fourth-order valence-electron chi connectivity index (χ4n) is 6.79. The van der Waals surface area contributed by atoms with Gasteiger partial charge in [0.1, 0.15) is 11.8 Å². The minimum atomic E-state index is -2.25. The van der Waals surface area contributed by atoms with Gasteiger partial charge < -0.3 is 45.9 Å². The Balaban J connectivity index is 1.50. The molecule has 4 rings (SSSR count). The summed E-state index contributed by atoms with van der Waals surface area (Å²) in [7, 11) is 1.59. The van der Waals surface area contributed by atoms with Crippen LogP contribution in [0.2, 0.25) is 0 Å². The smallest absolute Gasteiger partial charge is 0.317 e. The molecule has 17 nitrogen and oxygen atoms in total. The highest BCUT2D eigenvalue weighted by Gasteiger charge is 2.42. The Morgan fingerprint density at radius 1 is 0.797 bits per heavy atom. The maximum absolute atomic E-state index is 14.1. The molecule has 0 aliphatic carbocycles. The molecule has 2 aromatic rings. The van der Waals surface area contributed by atoms with Crippen molar-refractivity contribution in [2.45, 2.75) is 64.9 Å². The lowest BCUT2D eigenvalue weighted by Crippen LogP contribution is -2.66. The average molecular weight is 826 g/mol. The number of nitrogens with zero attached hydrogens (tertiary/aromatic N) is 3. The zero-order valence-electron chi connectivity index (χ0n) is 35.5. The molecule has 2 aliphatic rings. The molecule has 2 aliphatic heterocycles. The first-order chi connectivity index (χ1) is 28.4. The van der Waals surface area contributed by atoms with Gasteiger partial charge in [-0.1, -0.05) is 70.2 Å². The van der Waals surface area contributed by atoms with Gasteiger partial charge in [0, 0.05) is 77.4 Å². The first-order valence-corrected chi connectivity index (χ1v) is 20.8. The van der Waals surface area contributed by atoms with Gasteiger partial charge in [-0.25, -0.2) is 14.6 Å². The standard InChI is InChI=1S/C42H67N9O8/c1-31(2)37(46-40(54)43-17-19-49-21-25-58-26-22-49)38(52)48-51(29-34-12-15-36(57-5)16-13-34)30-35(14-11-33-9-7-6-8-10-33)45-39(53)42(56,32(3)4)47-41(55)44-18-20-50-23-27-59-28-24-50/h6-10,12-13,15-16,31-32,35,37,56H,11,14,17-30H2,1-5H3,(H,45,53)(H,48,52)(H2,43,46,54)(H2,44,47,55)/t35-,37-,42+/m0/s1. The largest absolute Gasteiger partial charge is 0.497 e. The second-order valence-electron chi connectivity index (χ2n) is 15.7. The summed E-state index contributed by atoms with van der Waals surface area (Å²) >= 11 is 0. The lowest BCUT2D eigenvalue weighted by Gasteiger charge is -2.35. The molecule has 6 amide bonds. The molecule has 17 heteroatoms. The van der Waals surface area contributed by atoms with E-state index in [2.05, 4.69) is 41.8 Å². The molecule has 2 heterocycles. The molecule has 2 aromatic carbocycles. The Kier molecular flexibility index (Phi) is 19.6. The number of aryl methyl sites for hydroxylation is 1. The number of urea groups is 2. The minimum Gasteiger partial charge on any atom is -0.497 e. The molecular formula is C42H67N9O8. The van der Waals surface area contributed by atoms with E-state index < -0.39 is 47.6 Å². The summed E-state index contributed by atoms with van der Waals surface area (Å²) in [5, 5.41) is 27.5. The molecule has 0 saturated carbocycles. The second-order valence-corrected chi connectivity index (χ2v) is 15.7. The Bertz CT molecular complexity index is 1570. The van der Waals surface area contributed by atoms with E-state index in [0.717, 1.165) is 37.3 Å². The van der Waals surface area contributed by atoms with Gasteiger partial charge in [-0.15, -0.1) is 0 Å². The van der Waals surface area contributed by atoms with Gasteiger partial charge in [0.25, 0.3) is 11.8 Å². The van der Waals surface area contributed by atoms with Crippen LogP contribution in [0.15, 0.2) is 54.6 Å². The highest BCUT2D eigenvalue weighted by atomic mass is 16.5. The quantitative estimate of drug-likeness (QED) is 0.0668. The molecule has 7 N–H and O–H groups in total. The van der Waals surface area contributed by atoms with E-state index in [1.165, 1.54) is 0 Å². The predicted molar refractivity (Wildman–Crippen MR) is 224 cm³/mol. The van der Waals surface area contributed by atoms with Crippen LogP contribution in [0, 0.1) is 11.8 Å². The summed E-state index contributed by atoms with van der Waals surface area (Å²) in [6, 6.07) is 14.6. The van der Waals surface area contributed by atoms with E-state index in [9.17, 15) is 24.3 Å². The number of morpholine rings is 2. The van der Waals surface area contributed by atoms with Crippen LogP contribution in [-0.4, -0.2) is 154 Å². The van der Waals surface area contributed by atoms with Crippen LogP contribution in [0.25, 0.3) is 0 Å². The third-order valence-corrected chi connectivity index (χ3v) is 10.6. The van der Waals surface area contributed by atoms with Gasteiger partial charge in [-0.2, -0.15) is 0 Å². The minimum absolute atomic E-state index is 0.118. The molecular weight excluding hydrogens is 759 g/mol. The Labute approximate surface area is 349 Å². The summed E-state index contributed by atoms with van der Waals surface area (Å²) < 4.78 is 16.2. The number of carbonyl (C=O) groups is 4. The maximum atomic E-state index is 14.1. The predicted octanol–water partition coefficient (Wildman–Crippen LogP) is 1.28. The van der Waals surface area contributed by atoms with Crippen molar-refractivity contribution in [3.05, 3.63) is 65.7 Å². The molecule has 0 radical (unpaired) electrons. The van der Waals surface area contributed by atoms with E-state index in [1.807, 2.05) is 68.4 Å². The molecule has 2 fully saturated rings. The highest BCUT2D eigenvalue weighted by Crippen LogP contribution is 2.18. The average Bonchev–Trinajstić information content (AvgIpc) is 3.23. The zero-order valence-corrected chi connectivity index (χ0v) is 35.5. The molecule has 3 atom stereocenters. The Morgan fingerprint density at radius 3 is 1.92 bits per heavy atom. The van der Waals surface area contributed by atoms with Crippen molar-refractivity contribution in [2.75, 3.05) is 92.4 Å². The van der Waals surface area contributed by atoms with Crippen LogP contribution in [-0.2, 0) is 32.0 Å². The highest BCUT2D eigenvalue weighted by molar-refractivity contribution is 5.90. The number of hydrazine groups is 1. The Hall–Kier alpha value is -4.52. The first-order valence-electron chi connectivity index (χ1n) is 20.8. The Morgan fingerprint density at radius 2 is 1.37 bits per heavy atom. The maximum Gasteiger partial charge on any atom is 0.317 e. The van der Waals surface area contributed by atoms with Crippen molar-refractivity contribution in [1.82, 2.24) is 46.8 Å². The van der Waals surface area contributed by atoms with Crippen molar-refractivity contribution in [1.29, 1.82) is 0 Å². The summed E-state index contributed by atoms with van der Waals surface area (Å²) in [5.41, 5.74) is 2.67. The van der Waals surface area contributed by atoms with Gasteiger partial charge in [0.05, 0.1) is 33.5 Å². The van der Waals surface area contributed by atoms with Crippen molar-refractivity contribution in [2.24, 2.45) is 11.8 Å². The third kappa shape index (κ3) is 16.2. The fraction of sp³-hybridized carbons (Fsp3) is 0.619. The van der Waals surface area contributed by atoms with Gasteiger partial charge in [-0.3, -0.25) is 24.8 Å². The van der Waals surface area contributed by atoms with Gasteiger partial charge in [0.15, 0.2) is 0 Å². The van der Waals surface area contributed by atoms with E-state index in [0.29, 0.717) is 71.2 Å². The van der Waals surface area contributed by atoms with E-state index in [-0.39, 0.29) is 19.0 Å². The van der Waals surface area contributed by atoms with Crippen LogP contribution in [0.4, 0.5) is 9.59 Å². The number of hydrogen-bond acceptors (Lipinski definition) is 11. The number of amides is 6. The van der Waals surface area contributed by atoms with E-state index in [1.54, 1.807) is 26.0 Å². The van der Waals surface area contributed by atoms with Gasteiger partial charge in [0.2, 0.25) is 5.72 Å². The van der Waals surface area contributed by atoms with Crippen LogP contribution < -0.4 is 36.7 Å². The van der Waals surface area contributed by atoms with Crippen molar-refractivity contribution in [3.63, 3.8) is 0 Å². The van der Waals surface area contributed by atoms with Crippen molar-refractivity contribution >= 4 is 23.9 Å². The summed E-state index contributed by atoms with van der Waals surface area (Å²) in [4.78, 5) is 58.6. The molecule has 2 saturated heterocycles. The number of aliphatic hydroxyl groups is 1. The normalized spacial score (nSPS) is 17.1.